The number of hydrogen-bond acceptors (Lipinski definition) is 6. The smallest absolute Gasteiger partial charge is 0.265 e. The van der Waals surface area contributed by atoms with E-state index in [0.717, 1.165) is 39.8 Å². The SMILES string of the molecule is Cc1ccc(S(=O)(=O)CCn2ccnc2C2CCN(C(=O)c3sc(C)nc3C)CC2)cc1. The van der Waals surface area contributed by atoms with Gasteiger partial charge in [-0.15, -0.1) is 11.3 Å². The summed E-state index contributed by atoms with van der Waals surface area (Å²) in [6, 6.07) is 6.97. The van der Waals surface area contributed by atoms with Gasteiger partial charge in [-0.2, -0.15) is 0 Å². The highest BCUT2D eigenvalue weighted by Crippen LogP contribution is 2.29. The van der Waals surface area contributed by atoms with Gasteiger partial charge in [0.15, 0.2) is 9.84 Å². The van der Waals surface area contributed by atoms with Crippen LogP contribution in [0.2, 0.25) is 0 Å². The molecule has 1 aliphatic rings. The van der Waals surface area contributed by atoms with Crippen molar-refractivity contribution in [2.75, 3.05) is 18.8 Å². The van der Waals surface area contributed by atoms with E-state index < -0.39 is 9.84 Å². The van der Waals surface area contributed by atoms with Gasteiger partial charge in [-0.25, -0.2) is 18.4 Å². The summed E-state index contributed by atoms with van der Waals surface area (Å²) in [5, 5.41) is 0.906. The first-order chi connectivity index (χ1) is 15.2. The standard InChI is InChI=1S/C23H28N4O3S2/c1-16-4-6-20(7-5-16)32(29,30)15-14-26-13-10-24-22(26)19-8-11-27(12-9-19)23(28)21-17(2)25-18(3)31-21/h4-7,10,13,19H,8-9,11-12,14-15H2,1-3H3. The first-order valence-electron chi connectivity index (χ1n) is 10.8. The molecule has 1 amide bonds. The molecule has 0 radical (unpaired) electrons. The van der Waals surface area contributed by atoms with Crippen molar-refractivity contribution in [3.8, 4) is 0 Å². The molecule has 9 heteroatoms. The molecular weight excluding hydrogens is 444 g/mol. The van der Waals surface area contributed by atoms with Crippen LogP contribution in [0.25, 0.3) is 0 Å². The molecule has 1 aliphatic heterocycles. The fourth-order valence-corrected chi connectivity index (χ4v) is 6.28. The normalized spacial score (nSPS) is 15.3. The minimum atomic E-state index is -3.36. The first-order valence-corrected chi connectivity index (χ1v) is 13.3. The Labute approximate surface area is 193 Å². The average molecular weight is 473 g/mol. The molecule has 2 aromatic heterocycles. The number of carbonyl (C=O) groups excluding carboxylic acids is 1. The van der Waals surface area contributed by atoms with Crippen LogP contribution in [0.1, 0.15) is 50.5 Å². The van der Waals surface area contributed by atoms with Gasteiger partial charge in [0, 0.05) is 37.9 Å². The lowest BCUT2D eigenvalue weighted by Gasteiger charge is -2.31. The Balaban J connectivity index is 1.38. The number of imidazole rings is 1. The van der Waals surface area contributed by atoms with Crippen LogP contribution >= 0.6 is 11.3 Å². The van der Waals surface area contributed by atoms with Crippen LogP contribution in [0.5, 0.6) is 0 Å². The van der Waals surface area contributed by atoms with Crippen molar-refractivity contribution < 1.29 is 13.2 Å². The number of carbonyl (C=O) groups is 1. The number of piperidine rings is 1. The van der Waals surface area contributed by atoms with Crippen LogP contribution < -0.4 is 0 Å². The van der Waals surface area contributed by atoms with E-state index in [1.807, 2.05) is 48.6 Å². The Morgan fingerprint density at radius 3 is 2.44 bits per heavy atom. The summed E-state index contributed by atoms with van der Waals surface area (Å²) < 4.78 is 27.4. The molecule has 3 heterocycles. The van der Waals surface area contributed by atoms with Crippen molar-refractivity contribution in [1.82, 2.24) is 19.4 Å². The molecule has 0 aliphatic carbocycles. The highest BCUT2D eigenvalue weighted by Gasteiger charge is 2.29. The van der Waals surface area contributed by atoms with E-state index in [1.54, 1.807) is 18.3 Å². The maximum atomic E-state index is 12.9. The number of likely N-dealkylation sites (tertiary alicyclic amines) is 1. The summed E-state index contributed by atoms with van der Waals surface area (Å²) in [5.74, 6) is 1.20. The average Bonchev–Trinajstić information content (AvgIpc) is 3.38. The summed E-state index contributed by atoms with van der Waals surface area (Å²) in [6.07, 6.45) is 5.20. The molecular formula is C23H28N4O3S2. The second-order valence-corrected chi connectivity index (χ2v) is 11.6. The van der Waals surface area contributed by atoms with Gasteiger partial charge in [0.25, 0.3) is 5.91 Å². The lowest BCUT2D eigenvalue weighted by Crippen LogP contribution is -2.38. The zero-order chi connectivity index (χ0) is 22.9. The fourth-order valence-electron chi connectivity index (χ4n) is 4.17. The van der Waals surface area contributed by atoms with Crippen LogP contribution in [0.4, 0.5) is 0 Å². The van der Waals surface area contributed by atoms with Gasteiger partial charge in [-0.1, -0.05) is 17.7 Å². The predicted molar refractivity (Wildman–Crippen MR) is 125 cm³/mol. The second kappa shape index (κ2) is 9.15. The van der Waals surface area contributed by atoms with E-state index >= 15 is 0 Å². The Morgan fingerprint density at radius 2 is 1.81 bits per heavy atom. The topological polar surface area (TPSA) is 85.2 Å². The van der Waals surface area contributed by atoms with Crippen LogP contribution in [0.3, 0.4) is 0 Å². The molecule has 4 rings (SSSR count). The van der Waals surface area contributed by atoms with E-state index in [2.05, 4.69) is 9.97 Å². The van der Waals surface area contributed by atoms with Crippen LogP contribution in [0.15, 0.2) is 41.6 Å². The zero-order valence-corrected chi connectivity index (χ0v) is 20.2. The molecule has 7 nitrogen and oxygen atoms in total. The van der Waals surface area contributed by atoms with Crippen molar-refractivity contribution in [2.45, 2.75) is 51.0 Å². The van der Waals surface area contributed by atoms with E-state index in [9.17, 15) is 13.2 Å². The van der Waals surface area contributed by atoms with E-state index in [0.29, 0.717) is 24.5 Å². The molecule has 0 spiro atoms. The molecule has 3 aromatic rings. The second-order valence-electron chi connectivity index (χ2n) is 8.32. The summed E-state index contributed by atoms with van der Waals surface area (Å²) >= 11 is 1.45. The lowest BCUT2D eigenvalue weighted by atomic mass is 9.95. The van der Waals surface area contributed by atoms with Crippen LogP contribution in [0, 0.1) is 20.8 Å². The van der Waals surface area contributed by atoms with Gasteiger partial charge >= 0.3 is 0 Å². The molecule has 1 saturated heterocycles. The monoisotopic (exact) mass is 472 g/mol. The minimum Gasteiger partial charge on any atom is -0.338 e. The number of thiazole rings is 1. The molecule has 0 N–H and O–H groups in total. The minimum absolute atomic E-state index is 0.0285. The van der Waals surface area contributed by atoms with Crippen molar-refractivity contribution in [3.63, 3.8) is 0 Å². The number of benzene rings is 1. The Bertz CT molecular complexity index is 1200. The molecule has 32 heavy (non-hydrogen) atoms. The van der Waals surface area contributed by atoms with E-state index in [-0.39, 0.29) is 17.6 Å². The van der Waals surface area contributed by atoms with Gasteiger partial charge in [0.2, 0.25) is 0 Å². The molecule has 1 aromatic carbocycles. The number of sulfone groups is 1. The number of nitrogens with zero attached hydrogens (tertiary/aromatic N) is 4. The number of hydrogen-bond donors (Lipinski definition) is 0. The van der Waals surface area contributed by atoms with Crippen molar-refractivity contribution in [1.29, 1.82) is 0 Å². The Kier molecular flexibility index (Phi) is 6.48. The molecule has 170 valence electrons. The number of amides is 1. The van der Waals surface area contributed by atoms with Gasteiger partial charge < -0.3 is 9.47 Å². The fraction of sp³-hybridized carbons (Fsp3) is 0.435. The lowest BCUT2D eigenvalue weighted by molar-refractivity contribution is 0.0714. The quantitative estimate of drug-likeness (QED) is 0.545. The maximum absolute atomic E-state index is 12.9. The predicted octanol–water partition coefficient (Wildman–Crippen LogP) is 3.76. The van der Waals surface area contributed by atoms with Crippen molar-refractivity contribution in [3.05, 3.63) is 63.6 Å². The summed E-state index contributed by atoms with van der Waals surface area (Å²) in [6.45, 7) is 7.42. The molecule has 0 unspecified atom stereocenters. The highest BCUT2D eigenvalue weighted by molar-refractivity contribution is 7.91. The van der Waals surface area contributed by atoms with Gasteiger partial charge in [0.05, 0.1) is 21.3 Å². The number of aryl methyl sites for hydroxylation is 4. The third kappa shape index (κ3) is 4.78. The van der Waals surface area contributed by atoms with Crippen LogP contribution in [-0.2, 0) is 16.4 Å². The van der Waals surface area contributed by atoms with Gasteiger partial charge in [-0.05, 0) is 45.7 Å². The number of rotatable bonds is 6. The zero-order valence-electron chi connectivity index (χ0n) is 18.6. The molecule has 1 fully saturated rings. The summed E-state index contributed by atoms with van der Waals surface area (Å²) in [4.78, 5) is 24.7. The molecule has 0 atom stereocenters. The number of aromatic nitrogens is 3. The van der Waals surface area contributed by atoms with Crippen molar-refractivity contribution in [2.24, 2.45) is 0 Å². The maximum Gasteiger partial charge on any atom is 0.265 e. The Hall–Kier alpha value is -2.52. The van der Waals surface area contributed by atoms with Crippen molar-refractivity contribution >= 4 is 27.1 Å². The van der Waals surface area contributed by atoms with E-state index in [1.165, 1.54) is 11.3 Å². The molecule has 0 saturated carbocycles. The van der Waals surface area contributed by atoms with E-state index in [4.69, 9.17) is 0 Å². The Morgan fingerprint density at radius 1 is 1.12 bits per heavy atom. The van der Waals surface area contributed by atoms with Gasteiger partial charge in [-0.3, -0.25) is 4.79 Å². The molecule has 0 bridgehead atoms. The third-order valence-corrected chi connectivity index (χ3v) is 8.75. The largest absolute Gasteiger partial charge is 0.338 e. The van der Waals surface area contributed by atoms with Crippen LogP contribution in [-0.4, -0.2) is 52.6 Å². The first kappa shape index (κ1) is 22.7. The summed E-state index contributed by atoms with van der Waals surface area (Å²) in [7, 11) is -3.36. The van der Waals surface area contributed by atoms with Gasteiger partial charge in [0.1, 0.15) is 10.7 Å². The summed E-state index contributed by atoms with van der Waals surface area (Å²) in [5.41, 5.74) is 1.83. The highest BCUT2D eigenvalue weighted by atomic mass is 32.2. The third-order valence-electron chi connectivity index (χ3n) is 5.97.